The predicted molar refractivity (Wildman–Crippen MR) is 55.2 cm³/mol. The minimum atomic E-state index is -4.44. The number of nitrogens with zero attached hydrogens (tertiary/aromatic N) is 3. The number of nitrogens with one attached hydrogen (secondary N) is 1. The predicted octanol–water partition coefficient (Wildman–Crippen LogP) is 1.99. The van der Waals surface area contributed by atoms with Gasteiger partial charge < -0.3 is 9.88 Å². The summed E-state index contributed by atoms with van der Waals surface area (Å²) in [6.07, 6.45) is -4.44. The number of hydrogen-bond donors (Lipinski definition) is 1. The fraction of sp³-hybridized carbons (Fsp3) is 0.800. The summed E-state index contributed by atoms with van der Waals surface area (Å²) in [6.45, 7) is 6.63. The van der Waals surface area contributed by atoms with Crippen molar-refractivity contribution in [3.8, 4) is 0 Å². The summed E-state index contributed by atoms with van der Waals surface area (Å²) in [5.74, 6) is -0.528. The first kappa shape index (κ1) is 12.3. The molecule has 0 radical (unpaired) electrons. The minimum absolute atomic E-state index is 0.200. The third-order valence-electron chi connectivity index (χ3n) is 2.84. The quantitative estimate of drug-likeness (QED) is 0.763. The van der Waals surface area contributed by atoms with Gasteiger partial charge in [0.15, 0.2) is 5.82 Å². The van der Waals surface area contributed by atoms with E-state index in [1.165, 1.54) is 4.57 Å². The summed E-state index contributed by atoms with van der Waals surface area (Å²) >= 11 is 0. The first-order valence-electron chi connectivity index (χ1n) is 5.45. The average Bonchev–Trinajstić information content (AvgIpc) is 2.57. The molecular formula is C10H15F3N4. The molecule has 0 aliphatic carbocycles. The molecule has 0 saturated heterocycles. The van der Waals surface area contributed by atoms with Gasteiger partial charge in [-0.15, -0.1) is 10.2 Å². The topological polar surface area (TPSA) is 42.7 Å². The van der Waals surface area contributed by atoms with Gasteiger partial charge in [-0.2, -0.15) is 13.2 Å². The summed E-state index contributed by atoms with van der Waals surface area (Å²) in [4.78, 5) is 0. The largest absolute Gasteiger partial charge is 0.451 e. The Kier molecular flexibility index (Phi) is 2.68. The fourth-order valence-corrected chi connectivity index (χ4v) is 2.06. The molecule has 0 saturated carbocycles. The van der Waals surface area contributed by atoms with Gasteiger partial charge in [-0.25, -0.2) is 0 Å². The molecule has 7 heteroatoms. The Hall–Kier alpha value is -1.11. The molecule has 2 rings (SSSR count). The number of fused-ring (bicyclic) bond motifs is 1. The molecule has 0 aromatic carbocycles. The number of alkyl halides is 3. The van der Waals surface area contributed by atoms with Gasteiger partial charge >= 0.3 is 6.18 Å². The highest BCUT2D eigenvalue weighted by atomic mass is 19.4. The second kappa shape index (κ2) is 3.69. The van der Waals surface area contributed by atoms with Crippen molar-refractivity contribution in [1.82, 2.24) is 20.1 Å². The molecule has 1 aromatic rings. The minimum Gasteiger partial charge on any atom is -0.305 e. The molecule has 0 bridgehead atoms. The average molecular weight is 248 g/mol. The molecule has 4 nitrogen and oxygen atoms in total. The molecule has 1 atom stereocenters. The molecule has 1 aliphatic heterocycles. The van der Waals surface area contributed by atoms with E-state index >= 15 is 0 Å². The van der Waals surface area contributed by atoms with E-state index in [9.17, 15) is 13.2 Å². The zero-order chi connectivity index (χ0) is 12.8. The molecule has 1 N–H and O–H groups in total. The van der Waals surface area contributed by atoms with Gasteiger partial charge in [0.2, 0.25) is 5.82 Å². The van der Waals surface area contributed by atoms with E-state index in [-0.39, 0.29) is 18.0 Å². The summed E-state index contributed by atoms with van der Waals surface area (Å²) < 4.78 is 39.2. The van der Waals surface area contributed by atoms with Crippen molar-refractivity contribution >= 4 is 0 Å². The van der Waals surface area contributed by atoms with Gasteiger partial charge in [0, 0.05) is 13.1 Å². The summed E-state index contributed by atoms with van der Waals surface area (Å²) in [5, 5.41) is 10.2. The normalized spacial score (nSPS) is 21.4. The SMILES string of the molecule is CC(C)(C)C1NCCn2c1nnc2C(F)(F)F. The lowest BCUT2D eigenvalue weighted by molar-refractivity contribution is -0.147. The Labute approximate surface area is 97.2 Å². The van der Waals surface area contributed by atoms with Gasteiger partial charge in [-0.3, -0.25) is 0 Å². The van der Waals surface area contributed by atoms with Crippen molar-refractivity contribution < 1.29 is 13.2 Å². The van der Waals surface area contributed by atoms with Crippen molar-refractivity contribution in [1.29, 1.82) is 0 Å². The summed E-state index contributed by atoms with van der Waals surface area (Å²) in [5.41, 5.74) is -0.200. The molecule has 1 aliphatic rings. The maximum Gasteiger partial charge on any atom is 0.451 e. The Morgan fingerprint density at radius 3 is 2.41 bits per heavy atom. The van der Waals surface area contributed by atoms with Gasteiger partial charge in [-0.05, 0) is 5.41 Å². The Morgan fingerprint density at radius 2 is 1.88 bits per heavy atom. The standard InChI is InChI=1S/C10H15F3N4/c1-9(2,3)6-7-15-16-8(10(11,12)13)17(7)5-4-14-6/h6,14H,4-5H2,1-3H3. The van der Waals surface area contributed by atoms with E-state index in [0.29, 0.717) is 12.4 Å². The molecule has 1 aromatic heterocycles. The summed E-state index contributed by atoms with van der Waals surface area (Å²) in [7, 11) is 0. The van der Waals surface area contributed by atoms with Crippen LogP contribution in [0, 0.1) is 5.41 Å². The third kappa shape index (κ3) is 2.15. The highest BCUT2D eigenvalue weighted by Gasteiger charge is 2.42. The molecule has 1 unspecified atom stereocenters. The third-order valence-corrected chi connectivity index (χ3v) is 2.84. The van der Waals surface area contributed by atoms with Crippen LogP contribution in [0.4, 0.5) is 13.2 Å². The number of aromatic nitrogens is 3. The van der Waals surface area contributed by atoms with Crippen LogP contribution in [-0.4, -0.2) is 21.3 Å². The maximum atomic E-state index is 12.7. The number of rotatable bonds is 0. The van der Waals surface area contributed by atoms with Gasteiger partial charge in [0.05, 0.1) is 6.04 Å². The van der Waals surface area contributed by atoms with Crippen molar-refractivity contribution in [2.45, 2.75) is 39.5 Å². The van der Waals surface area contributed by atoms with Crippen LogP contribution < -0.4 is 5.32 Å². The fourth-order valence-electron chi connectivity index (χ4n) is 2.06. The van der Waals surface area contributed by atoms with Crippen molar-refractivity contribution in [3.05, 3.63) is 11.6 Å². The smallest absolute Gasteiger partial charge is 0.305 e. The lowest BCUT2D eigenvalue weighted by atomic mass is 9.85. The van der Waals surface area contributed by atoms with Gasteiger partial charge in [0.25, 0.3) is 0 Å². The highest BCUT2D eigenvalue weighted by Crippen LogP contribution is 2.36. The second-order valence-electron chi connectivity index (χ2n) is 5.28. The molecule has 0 fully saturated rings. The maximum absolute atomic E-state index is 12.7. The summed E-state index contributed by atoms with van der Waals surface area (Å²) in [6, 6.07) is -0.208. The van der Waals surface area contributed by atoms with Gasteiger partial charge in [0.1, 0.15) is 0 Å². The molecule has 0 amide bonds. The monoisotopic (exact) mass is 248 g/mol. The molecule has 96 valence electrons. The van der Waals surface area contributed by atoms with Crippen LogP contribution in [0.2, 0.25) is 0 Å². The Balaban J connectivity index is 2.46. The molecule has 2 heterocycles. The van der Waals surface area contributed by atoms with Crippen LogP contribution in [0.5, 0.6) is 0 Å². The lowest BCUT2D eigenvalue weighted by Crippen LogP contribution is -2.41. The van der Waals surface area contributed by atoms with Crippen molar-refractivity contribution in [3.63, 3.8) is 0 Å². The van der Waals surface area contributed by atoms with Crippen LogP contribution in [0.3, 0.4) is 0 Å². The van der Waals surface area contributed by atoms with E-state index in [1.807, 2.05) is 20.8 Å². The molecule has 0 spiro atoms. The molecular weight excluding hydrogens is 233 g/mol. The van der Waals surface area contributed by atoms with Crippen LogP contribution in [-0.2, 0) is 12.7 Å². The van der Waals surface area contributed by atoms with Crippen LogP contribution in [0.1, 0.15) is 38.5 Å². The first-order chi connectivity index (χ1) is 7.71. The van der Waals surface area contributed by atoms with E-state index in [4.69, 9.17) is 0 Å². The first-order valence-corrected chi connectivity index (χ1v) is 5.45. The zero-order valence-corrected chi connectivity index (χ0v) is 9.97. The van der Waals surface area contributed by atoms with E-state index in [2.05, 4.69) is 15.5 Å². The van der Waals surface area contributed by atoms with E-state index in [0.717, 1.165) is 0 Å². The zero-order valence-electron chi connectivity index (χ0n) is 9.97. The highest BCUT2D eigenvalue weighted by molar-refractivity contribution is 5.09. The molecule has 17 heavy (non-hydrogen) atoms. The number of hydrogen-bond acceptors (Lipinski definition) is 3. The van der Waals surface area contributed by atoms with Crippen LogP contribution >= 0.6 is 0 Å². The van der Waals surface area contributed by atoms with Gasteiger partial charge in [-0.1, -0.05) is 20.8 Å². The van der Waals surface area contributed by atoms with E-state index < -0.39 is 12.0 Å². The Morgan fingerprint density at radius 1 is 1.24 bits per heavy atom. The van der Waals surface area contributed by atoms with Crippen LogP contribution in [0.25, 0.3) is 0 Å². The van der Waals surface area contributed by atoms with E-state index in [1.54, 1.807) is 0 Å². The van der Waals surface area contributed by atoms with Crippen molar-refractivity contribution in [2.75, 3.05) is 6.54 Å². The second-order valence-corrected chi connectivity index (χ2v) is 5.28. The van der Waals surface area contributed by atoms with Crippen molar-refractivity contribution in [2.24, 2.45) is 5.41 Å². The lowest BCUT2D eigenvalue weighted by Gasteiger charge is -2.34. The Bertz CT molecular complexity index is 416. The van der Waals surface area contributed by atoms with Crippen LogP contribution in [0.15, 0.2) is 0 Å². The number of halogens is 3.